The Hall–Kier alpha value is -3.03. The van der Waals surface area contributed by atoms with Crippen LogP contribution in [0.3, 0.4) is 0 Å². The molecule has 2 aromatic rings. The number of nitrogens with zero attached hydrogens (tertiary/aromatic N) is 4. The highest BCUT2D eigenvalue weighted by molar-refractivity contribution is 5.97. The number of carbonyl (C=O) groups is 2. The van der Waals surface area contributed by atoms with Crippen molar-refractivity contribution in [1.82, 2.24) is 30.4 Å². The average molecular weight is 486 g/mol. The standard InChI is InChI=1S/C23H32FN9O2/c1-32-6-8-33(9-7-32)23(35)17-3-2-14(10-28-17)16-4-5-27-13-18(16)31-22(34)19(20(25)26)21-29-11-15(24)12-30-21/h2-5,10,13,15,19-21,29-30H,6-9,11-12,25-26H2,1H3,(H,31,34). The Kier molecular flexibility index (Phi) is 7.98. The minimum atomic E-state index is -1.05. The van der Waals surface area contributed by atoms with E-state index in [4.69, 9.17) is 11.5 Å². The van der Waals surface area contributed by atoms with Gasteiger partial charge in [-0.3, -0.25) is 30.2 Å². The van der Waals surface area contributed by atoms with E-state index in [2.05, 4.69) is 30.8 Å². The van der Waals surface area contributed by atoms with Gasteiger partial charge in [0.2, 0.25) is 5.91 Å². The van der Waals surface area contributed by atoms with Crippen molar-refractivity contribution >= 4 is 17.5 Å². The number of piperazine rings is 1. The van der Waals surface area contributed by atoms with Crippen molar-refractivity contribution in [1.29, 1.82) is 0 Å². The molecule has 11 nitrogen and oxygen atoms in total. The number of rotatable bonds is 6. The summed E-state index contributed by atoms with van der Waals surface area (Å²) >= 11 is 0. The van der Waals surface area contributed by atoms with Gasteiger partial charge in [-0.15, -0.1) is 0 Å². The molecule has 7 N–H and O–H groups in total. The van der Waals surface area contributed by atoms with Gasteiger partial charge in [0.05, 0.1) is 30.1 Å². The summed E-state index contributed by atoms with van der Waals surface area (Å²) in [5.41, 5.74) is 14.0. The van der Waals surface area contributed by atoms with E-state index in [-0.39, 0.29) is 19.0 Å². The van der Waals surface area contributed by atoms with Gasteiger partial charge in [-0.05, 0) is 19.2 Å². The SMILES string of the molecule is CN1CCN(C(=O)c2ccc(-c3ccncc3NC(=O)C(C(N)N)C3NCC(F)CN3)cn2)CC1. The predicted octanol–water partition coefficient (Wildman–Crippen LogP) is -0.814. The van der Waals surface area contributed by atoms with Crippen LogP contribution in [0.5, 0.6) is 0 Å². The first-order chi connectivity index (χ1) is 16.8. The Balaban J connectivity index is 1.48. The summed E-state index contributed by atoms with van der Waals surface area (Å²) in [5, 5.41) is 8.73. The molecule has 0 spiro atoms. The van der Waals surface area contributed by atoms with Gasteiger partial charge in [0.15, 0.2) is 0 Å². The van der Waals surface area contributed by atoms with Gasteiger partial charge in [0.25, 0.3) is 5.91 Å². The lowest BCUT2D eigenvalue weighted by Gasteiger charge is -2.34. The third kappa shape index (κ3) is 5.97. The number of hydrogen-bond donors (Lipinski definition) is 5. The van der Waals surface area contributed by atoms with E-state index >= 15 is 0 Å². The van der Waals surface area contributed by atoms with Crippen molar-refractivity contribution in [2.75, 3.05) is 51.6 Å². The molecule has 0 radical (unpaired) electrons. The molecule has 1 unspecified atom stereocenters. The van der Waals surface area contributed by atoms with Gasteiger partial charge in [-0.1, -0.05) is 6.07 Å². The molecule has 0 aliphatic carbocycles. The Morgan fingerprint density at radius 2 is 1.83 bits per heavy atom. The number of pyridine rings is 2. The van der Waals surface area contributed by atoms with E-state index < -0.39 is 30.3 Å². The van der Waals surface area contributed by atoms with E-state index in [1.807, 2.05) is 7.05 Å². The number of nitrogens with two attached hydrogens (primary N) is 2. The van der Waals surface area contributed by atoms with Crippen LogP contribution >= 0.6 is 0 Å². The summed E-state index contributed by atoms with van der Waals surface area (Å²) < 4.78 is 13.5. The maximum Gasteiger partial charge on any atom is 0.272 e. The number of likely N-dealkylation sites (N-methyl/N-ethyl adjacent to an activating group) is 1. The molecule has 35 heavy (non-hydrogen) atoms. The molecular formula is C23H32FN9O2. The van der Waals surface area contributed by atoms with Crippen LogP contribution in [0.2, 0.25) is 0 Å². The van der Waals surface area contributed by atoms with Crippen LogP contribution in [0.4, 0.5) is 10.1 Å². The second-order valence-corrected chi connectivity index (χ2v) is 8.93. The zero-order valence-corrected chi connectivity index (χ0v) is 19.7. The first kappa shape index (κ1) is 25.1. The minimum Gasteiger partial charge on any atom is -0.335 e. The van der Waals surface area contributed by atoms with E-state index in [0.29, 0.717) is 35.6 Å². The molecule has 2 aliphatic rings. The second-order valence-electron chi connectivity index (χ2n) is 8.93. The lowest BCUT2D eigenvalue weighted by Crippen LogP contribution is -2.64. The van der Waals surface area contributed by atoms with Crippen LogP contribution in [0, 0.1) is 5.92 Å². The topological polar surface area (TPSA) is 155 Å². The zero-order chi connectivity index (χ0) is 24.9. The number of alkyl halides is 1. The average Bonchev–Trinajstić information content (AvgIpc) is 2.86. The third-order valence-electron chi connectivity index (χ3n) is 6.36. The number of hydrogen-bond acceptors (Lipinski definition) is 9. The third-order valence-corrected chi connectivity index (χ3v) is 6.36. The van der Waals surface area contributed by atoms with Crippen LogP contribution in [0.15, 0.2) is 36.8 Å². The molecule has 4 rings (SSSR count). The summed E-state index contributed by atoms with van der Waals surface area (Å²) in [4.78, 5) is 38.4. The molecular weight excluding hydrogens is 453 g/mol. The number of halogens is 1. The number of carbonyl (C=O) groups excluding carboxylic acids is 2. The van der Waals surface area contributed by atoms with Crippen molar-refractivity contribution in [3.05, 3.63) is 42.5 Å². The van der Waals surface area contributed by atoms with Crippen molar-refractivity contribution < 1.29 is 14.0 Å². The highest BCUT2D eigenvalue weighted by Gasteiger charge is 2.35. The van der Waals surface area contributed by atoms with Crippen LogP contribution in [0.25, 0.3) is 11.1 Å². The van der Waals surface area contributed by atoms with Crippen molar-refractivity contribution in [3.8, 4) is 11.1 Å². The van der Waals surface area contributed by atoms with Gasteiger partial charge >= 0.3 is 0 Å². The fraction of sp³-hybridized carbons (Fsp3) is 0.478. The van der Waals surface area contributed by atoms with Gasteiger partial charge in [0, 0.05) is 62.8 Å². The lowest BCUT2D eigenvalue weighted by atomic mass is 9.99. The maximum atomic E-state index is 13.5. The molecule has 2 aromatic heterocycles. The van der Waals surface area contributed by atoms with Gasteiger partial charge in [-0.2, -0.15) is 0 Å². The Morgan fingerprint density at radius 1 is 1.11 bits per heavy atom. The number of amides is 2. The molecule has 2 amide bonds. The minimum absolute atomic E-state index is 0.101. The molecule has 0 aromatic carbocycles. The van der Waals surface area contributed by atoms with Gasteiger partial charge in [-0.25, -0.2) is 4.39 Å². The van der Waals surface area contributed by atoms with E-state index in [1.54, 1.807) is 35.5 Å². The van der Waals surface area contributed by atoms with E-state index in [0.717, 1.165) is 13.1 Å². The molecule has 0 saturated carbocycles. The van der Waals surface area contributed by atoms with Gasteiger partial charge in [0.1, 0.15) is 11.9 Å². The number of nitrogens with one attached hydrogen (secondary N) is 3. The molecule has 2 saturated heterocycles. The number of aromatic nitrogens is 2. The highest BCUT2D eigenvalue weighted by atomic mass is 19.1. The van der Waals surface area contributed by atoms with Crippen molar-refractivity contribution in [2.24, 2.45) is 17.4 Å². The monoisotopic (exact) mass is 485 g/mol. The molecule has 2 fully saturated rings. The predicted molar refractivity (Wildman–Crippen MR) is 130 cm³/mol. The fourth-order valence-electron chi connectivity index (χ4n) is 4.27. The summed E-state index contributed by atoms with van der Waals surface area (Å²) in [6.45, 7) is 3.21. The largest absolute Gasteiger partial charge is 0.335 e. The number of anilines is 1. The van der Waals surface area contributed by atoms with E-state index in [9.17, 15) is 14.0 Å². The molecule has 188 valence electrons. The summed E-state index contributed by atoms with van der Waals surface area (Å²) in [6, 6.07) is 5.22. The summed E-state index contributed by atoms with van der Waals surface area (Å²) in [5.74, 6) is -1.38. The zero-order valence-electron chi connectivity index (χ0n) is 19.7. The summed E-state index contributed by atoms with van der Waals surface area (Å²) in [7, 11) is 2.03. The normalized spacial score (nSPS) is 22.1. The molecule has 4 heterocycles. The van der Waals surface area contributed by atoms with Crippen molar-refractivity contribution in [2.45, 2.75) is 18.5 Å². The first-order valence-corrected chi connectivity index (χ1v) is 11.6. The van der Waals surface area contributed by atoms with Crippen LogP contribution in [0.1, 0.15) is 10.5 Å². The van der Waals surface area contributed by atoms with E-state index in [1.165, 1.54) is 6.20 Å². The molecule has 2 aliphatic heterocycles. The Bertz CT molecular complexity index is 1020. The molecule has 1 atom stereocenters. The van der Waals surface area contributed by atoms with Crippen LogP contribution in [-0.4, -0.2) is 96.4 Å². The fourth-order valence-corrected chi connectivity index (χ4v) is 4.27. The highest BCUT2D eigenvalue weighted by Crippen LogP contribution is 2.27. The van der Waals surface area contributed by atoms with Gasteiger partial charge < -0.3 is 26.6 Å². The van der Waals surface area contributed by atoms with Crippen LogP contribution < -0.4 is 27.4 Å². The first-order valence-electron chi connectivity index (χ1n) is 11.6. The molecule has 0 bridgehead atoms. The van der Waals surface area contributed by atoms with Crippen LogP contribution in [-0.2, 0) is 4.79 Å². The lowest BCUT2D eigenvalue weighted by molar-refractivity contribution is -0.122. The Labute approximate surface area is 203 Å². The smallest absolute Gasteiger partial charge is 0.272 e. The Morgan fingerprint density at radius 3 is 2.46 bits per heavy atom. The quantitative estimate of drug-likeness (QED) is 0.330. The molecule has 12 heteroatoms. The summed E-state index contributed by atoms with van der Waals surface area (Å²) in [6.07, 6.45) is 2.14. The second kappa shape index (κ2) is 11.1. The maximum absolute atomic E-state index is 13.5. The van der Waals surface area contributed by atoms with Crippen molar-refractivity contribution in [3.63, 3.8) is 0 Å².